The molecule has 2 aromatic carbocycles. The van der Waals surface area contributed by atoms with Crippen LogP contribution in [0.3, 0.4) is 0 Å². The number of nitriles is 1. The van der Waals surface area contributed by atoms with Crippen LogP contribution >= 0.6 is 15.9 Å². The standard InChI is InChI=1S/C19H17BrN2O2/c1-13(2)24-18-8-4-7-17(11-18)22-19(23)15(12-21)9-14-5-3-6-16(20)10-14/h3-11,13H,1-2H3,(H,22,23)/b15-9-. The summed E-state index contributed by atoms with van der Waals surface area (Å²) in [5.74, 6) is 0.205. The van der Waals surface area contributed by atoms with Gasteiger partial charge < -0.3 is 10.1 Å². The maximum absolute atomic E-state index is 12.3. The van der Waals surface area contributed by atoms with Gasteiger partial charge in [-0.3, -0.25) is 4.79 Å². The number of benzene rings is 2. The zero-order valence-electron chi connectivity index (χ0n) is 13.4. The number of anilines is 1. The monoisotopic (exact) mass is 384 g/mol. The topological polar surface area (TPSA) is 62.1 Å². The molecule has 0 aliphatic rings. The van der Waals surface area contributed by atoms with Gasteiger partial charge in [0.1, 0.15) is 17.4 Å². The molecule has 0 saturated heterocycles. The van der Waals surface area contributed by atoms with E-state index in [1.807, 2.05) is 50.2 Å². The summed E-state index contributed by atoms with van der Waals surface area (Å²) in [6, 6.07) is 16.4. The van der Waals surface area contributed by atoms with E-state index in [0.29, 0.717) is 11.4 Å². The van der Waals surface area contributed by atoms with E-state index in [1.165, 1.54) is 0 Å². The molecule has 2 rings (SSSR count). The lowest BCUT2D eigenvalue weighted by molar-refractivity contribution is -0.112. The van der Waals surface area contributed by atoms with Crippen molar-refractivity contribution in [2.45, 2.75) is 20.0 Å². The molecule has 0 saturated carbocycles. The maximum atomic E-state index is 12.3. The van der Waals surface area contributed by atoms with Gasteiger partial charge in [-0.2, -0.15) is 5.26 Å². The van der Waals surface area contributed by atoms with Crippen LogP contribution in [-0.4, -0.2) is 12.0 Å². The van der Waals surface area contributed by atoms with Crippen molar-refractivity contribution in [1.29, 1.82) is 5.26 Å². The third-order valence-electron chi connectivity index (χ3n) is 2.99. The van der Waals surface area contributed by atoms with Crippen LogP contribution in [0.1, 0.15) is 19.4 Å². The van der Waals surface area contributed by atoms with Gasteiger partial charge in [0.2, 0.25) is 0 Å². The molecule has 2 aromatic rings. The smallest absolute Gasteiger partial charge is 0.266 e. The van der Waals surface area contributed by atoms with E-state index < -0.39 is 5.91 Å². The maximum Gasteiger partial charge on any atom is 0.266 e. The molecule has 0 radical (unpaired) electrons. The molecule has 0 fully saturated rings. The van der Waals surface area contributed by atoms with E-state index in [9.17, 15) is 10.1 Å². The van der Waals surface area contributed by atoms with Crippen LogP contribution in [0.2, 0.25) is 0 Å². The minimum Gasteiger partial charge on any atom is -0.491 e. The summed E-state index contributed by atoms with van der Waals surface area (Å²) in [5.41, 5.74) is 1.38. The van der Waals surface area contributed by atoms with Gasteiger partial charge >= 0.3 is 0 Å². The highest BCUT2D eigenvalue weighted by Crippen LogP contribution is 2.20. The third kappa shape index (κ3) is 5.25. The molecule has 0 aliphatic carbocycles. The van der Waals surface area contributed by atoms with Crippen molar-refractivity contribution in [2.75, 3.05) is 5.32 Å². The second-order valence-corrected chi connectivity index (χ2v) is 6.29. The van der Waals surface area contributed by atoms with Crippen molar-refractivity contribution in [3.05, 3.63) is 64.1 Å². The predicted octanol–water partition coefficient (Wildman–Crippen LogP) is 4.78. The van der Waals surface area contributed by atoms with Crippen molar-refractivity contribution in [3.8, 4) is 11.8 Å². The molecule has 24 heavy (non-hydrogen) atoms. The molecule has 4 nitrogen and oxygen atoms in total. The second-order valence-electron chi connectivity index (χ2n) is 5.37. The molecule has 1 N–H and O–H groups in total. The highest BCUT2D eigenvalue weighted by Gasteiger charge is 2.10. The number of nitrogens with zero attached hydrogens (tertiary/aromatic N) is 1. The fourth-order valence-corrected chi connectivity index (χ4v) is 2.45. The number of hydrogen-bond donors (Lipinski definition) is 1. The first-order valence-corrected chi connectivity index (χ1v) is 8.22. The third-order valence-corrected chi connectivity index (χ3v) is 3.48. The lowest BCUT2D eigenvalue weighted by Crippen LogP contribution is -2.13. The Morgan fingerprint density at radius 1 is 1.25 bits per heavy atom. The number of ether oxygens (including phenoxy) is 1. The normalized spacial score (nSPS) is 11.0. The Bertz CT molecular complexity index is 807. The molecule has 0 aromatic heterocycles. The zero-order chi connectivity index (χ0) is 17.5. The largest absolute Gasteiger partial charge is 0.491 e. The molecule has 0 aliphatic heterocycles. The van der Waals surface area contributed by atoms with Crippen molar-refractivity contribution < 1.29 is 9.53 Å². The number of amides is 1. The minimum atomic E-state index is -0.459. The van der Waals surface area contributed by atoms with Gasteiger partial charge in [-0.1, -0.05) is 34.1 Å². The van der Waals surface area contributed by atoms with E-state index >= 15 is 0 Å². The molecule has 0 heterocycles. The number of hydrogen-bond acceptors (Lipinski definition) is 3. The first kappa shape index (κ1) is 17.8. The van der Waals surface area contributed by atoms with Gasteiger partial charge in [-0.25, -0.2) is 0 Å². The summed E-state index contributed by atoms with van der Waals surface area (Å²) in [6.45, 7) is 3.86. The molecule has 0 atom stereocenters. The Labute approximate surface area is 149 Å². The molecule has 5 heteroatoms. The molecule has 0 bridgehead atoms. The van der Waals surface area contributed by atoms with Gasteiger partial charge in [0.15, 0.2) is 0 Å². The van der Waals surface area contributed by atoms with Gasteiger partial charge in [-0.15, -0.1) is 0 Å². The van der Waals surface area contributed by atoms with Crippen LogP contribution in [0.5, 0.6) is 5.75 Å². The van der Waals surface area contributed by atoms with E-state index in [0.717, 1.165) is 10.0 Å². The van der Waals surface area contributed by atoms with Crippen molar-refractivity contribution in [3.63, 3.8) is 0 Å². The summed E-state index contributed by atoms with van der Waals surface area (Å²) in [6.07, 6.45) is 1.59. The Morgan fingerprint density at radius 3 is 2.67 bits per heavy atom. The summed E-state index contributed by atoms with van der Waals surface area (Å²) in [4.78, 5) is 12.3. The van der Waals surface area contributed by atoms with Gasteiger partial charge in [0, 0.05) is 16.2 Å². The lowest BCUT2D eigenvalue weighted by atomic mass is 10.1. The Balaban J connectivity index is 2.17. The minimum absolute atomic E-state index is 0.0308. The van der Waals surface area contributed by atoms with Crippen LogP contribution in [0.25, 0.3) is 6.08 Å². The van der Waals surface area contributed by atoms with Gasteiger partial charge in [0.25, 0.3) is 5.91 Å². The average molecular weight is 385 g/mol. The van der Waals surface area contributed by atoms with Crippen molar-refractivity contribution in [1.82, 2.24) is 0 Å². The molecular weight excluding hydrogens is 368 g/mol. The van der Waals surface area contributed by atoms with Gasteiger partial charge in [0.05, 0.1) is 6.10 Å². The predicted molar refractivity (Wildman–Crippen MR) is 98.6 cm³/mol. The number of carbonyl (C=O) groups excluding carboxylic acids is 1. The molecule has 1 amide bonds. The summed E-state index contributed by atoms with van der Waals surface area (Å²) < 4.78 is 6.48. The second kappa shape index (κ2) is 8.32. The molecular formula is C19H17BrN2O2. The lowest BCUT2D eigenvalue weighted by Gasteiger charge is -2.11. The zero-order valence-corrected chi connectivity index (χ0v) is 15.0. The van der Waals surface area contributed by atoms with E-state index in [2.05, 4.69) is 21.2 Å². The summed E-state index contributed by atoms with van der Waals surface area (Å²) >= 11 is 3.37. The Kier molecular flexibility index (Phi) is 6.16. The van der Waals surface area contributed by atoms with Crippen LogP contribution in [0, 0.1) is 11.3 Å². The highest BCUT2D eigenvalue weighted by molar-refractivity contribution is 9.10. The fraction of sp³-hybridized carbons (Fsp3) is 0.158. The van der Waals surface area contributed by atoms with Crippen molar-refractivity contribution in [2.24, 2.45) is 0 Å². The first-order valence-electron chi connectivity index (χ1n) is 7.43. The highest BCUT2D eigenvalue weighted by atomic mass is 79.9. The van der Waals surface area contributed by atoms with Crippen molar-refractivity contribution >= 4 is 33.6 Å². The van der Waals surface area contributed by atoms with E-state index in [1.54, 1.807) is 24.3 Å². The quantitative estimate of drug-likeness (QED) is 0.595. The number of halogens is 1. The van der Waals surface area contributed by atoms with Crippen LogP contribution in [0.4, 0.5) is 5.69 Å². The Morgan fingerprint density at radius 2 is 2.00 bits per heavy atom. The number of rotatable bonds is 5. The average Bonchev–Trinajstić information content (AvgIpc) is 2.52. The van der Waals surface area contributed by atoms with Crippen LogP contribution < -0.4 is 10.1 Å². The fourth-order valence-electron chi connectivity index (χ4n) is 2.03. The molecule has 0 spiro atoms. The van der Waals surface area contributed by atoms with Crippen LogP contribution in [-0.2, 0) is 4.79 Å². The van der Waals surface area contributed by atoms with Gasteiger partial charge in [-0.05, 0) is 49.8 Å². The Hall–Kier alpha value is -2.58. The van der Waals surface area contributed by atoms with Crippen LogP contribution in [0.15, 0.2) is 58.6 Å². The summed E-state index contributed by atoms with van der Waals surface area (Å²) in [5, 5.41) is 12.0. The first-order chi connectivity index (χ1) is 11.5. The number of nitrogens with one attached hydrogen (secondary N) is 1. The summed E-state index contributed by atoms with van der Waals surface area (Å²) in [7, 11) is 0. The SMILES string of the molecule is CC(C)Oc1cccc(NC(=O)/C(C#N)=C\c2cccc(Br)c2)c1. The number of carbonyl (C=O) groups is 1. The molecule has 122 valence electrons. The van der Waals surface area contributed by atoms with E-state index in [4.69, 9.17) is 4.74 Å². The van der Waals surface area contributed by atoms with E-state index in [-0.39, 0.29) is 11.7 Å². The molecule has 0 unspecified atom stereocenters.